The second-order valence-corrected chi connectivity index (χ2v) is 16.2. The predicted molar refractivity (Wildman–Crippen MR) is 194 cm³/mol. The van der Waals surface area contributed by atoms with E-state index in [0.29, 0.717) is 32.2 Å². The molecule has 0 aromatic rings. The average Bonchev–Trinajstić information content (AvgIpc) is 2.94. The number of amides is 3. The lowest BCUT2D eigenvalue weighted by Crippen LogP contribution is -2.53. The Bertz CT molecular complexity index is 1030. The molecule has 4 N–H and O–H groups in total. The minimum absolute atomic E-state index is 0.00473. The number of ether oxygens (including phenoxy) is 2. The molecule has 0 rings (SSSR count). The van der Waals surface area contributed by atoms with Gasteiger partial charge < -0.3 is 35.7 Å². The second-order valence-electron chi connectivity index (χ2n) is 14.4. The zero-order valence-electron chi connectivity index (χ0n) is 30.9. The van der Waals surface area contributed by atoms with Crippen LogP contribution in [-0.4, -0.2) is 116 Å². The molecule has 3 unspecified atom stereocenters. The van der Waals surface area contributed by atoms with Crippen LogP contribution < -0.4 is 16.0 Å². The number of ketones is 1. The maximum atomic E-state index is 13.3. The van der Waals surface area contributed by atoms with Gasteiger partial charge in [-0.15, -0.1) is 0 Å². The molecule has 0 aromatic heterocycles. The number of rotatable bonds is 26. The summed E-state index contributed by atoms with van der Waals surface area (Å²) in [5.74, 6) is -1.31. The highest BCUT2D eigenvalue weighted by atomic mass is 32.2. The summed E-state index contributed by atoms with van der Waals surface area (Å²) < 4.78 is 11.4. The number of Topliss-reactive ketones (excluding diaryl/α,β-unsaturated/α-hetero) is 1. The Morgan fingerprint density at radius 1 is 0.917 bits per heavy atom. The molecule has 0 spiro atoms. The van der Waals surface area contributed by atoms with E-state index < -0.39 is 40.8 Å². The van der Waals surface area contributed by atoms with E-state index >= 15 is 0 Å². The molecule has 0 bridgehead atoms. The number of nitrogens with zero attached hydrogens (tertiary/aromatic N) is 1. The summed E-state index contributed by atoms with van der Waals surface area (Å²) in [7, 11) is 9.72. The van der Waals surface area contributed by atoms with Gasteiger partial charge in [-0.2, -0.15) is 11.8 Å². The summed E-state index contributed by atoms with van der Waals surface area (Å²) in [6, 6.07) is -2.11. The number of thioether (sulfide) groups is 1. The standard InChI is InChI=1S/C34H62BN5O7S/c1-10-11-14-21-48-33(5,6)18-20-46-34(7,35)22-28(42)37-19-13-12-15-26(38-29(43)24-40(8)9)30(44)39-27(17-16-25(41)23-36)31(45)47-32(2,3)4/h23,26-27,36H,10-22,24H2,1-9H3,(H,37,42)(H,38,43)(H,39,44). The van der Waals surface area contributed by atoms with Crippen molar-refractivity contribution in [3.8, 4) is 0 Å². The highest BCUT2D eigenvalue weighted by Crippen LogP contribution is 2.29. The van der Waals surface area contributed by atoms with Gasteiger partial charge in [0.05, 0.1) is 12.8 Å². The molecule has 0 aliphatic carbocycles. The molecule has 0 saturated heterocycles. The SMILES string of the molecule is [B]C(C)(CC(=O)NCCCCC(NC(=O)CN(C)C)C(=O)NC(CCC(=O)C=N)C(=O)OC(C)(C)C)OCCC(C)(C)SCCCCC. The smallest absolute Gasteiger partial charge is 0.329 e. The van der Waals surface area contributed by atoms with Crippen molar-refractivity contribution >= 4 is 55.3 Å². The van der Waals surface area contributed by atoms with Crippen molar-refractivity contribution in [2.24, 2.45) is 0 Å². The second kappa shape index (κ2) is 23.1. The maximum Gasteiger partial charge on any atom is 0.329 e. The lowest BCUT2D eigenvalue weighted by molar-refractivity contribution is -0.159. The van der Waals surface area contributed by atoms with E-state index in [2.05, 4.69) is 36.7 Å². The molecule has 48 heavy (non-hydrogen) atoms. The van der Waals surface area contributed by atoms with E-state index in [1.54, 1.807) is 46.7 Å². The fourth-order valence-electron chi connectivity index (χ4n) is 4.49. The van der Waals surface area contributed by atoms with Crippen LogP contribution in [0.5, 0.6) is 0 Å². The predicted octanol–water partition coefficient (Wildman–Crippen LogP) is 3.53. The first-order valence-electron chi connectivity index (χ1n) is 17.0. The van der Waals surface area contributed by atoms with Crippen LogP contribution in [0.15, 0.2) is 0 Å². The third-order valence-corrected chi connectivity index (χ3v) is 8.57. The van der Waals surface area contributed by atoms with Crippen molar-refractivity contribution in [3.05, 3.63) is 0 Å². The van der Waals surface area contributed by atoms with Gasteiger partial charge in [0.1, 0.15) is 25.5 Å². The van der Waals surface area contributed by atoms with Gasteiger partial charge in [0.15, 0.2) is 5.78 Å². The van der Waals surface area contributed by atoms with E-state index in [1.165, 1.54) is 19.3 Å². The Morgan fingerprint density at radius 2 is 1.58 bits per heavy atom. The molecule has 14 heteroatoms. The normalized spacial score (nSPS) is 14.4. The van der Waals surface area contributed by atoms with Crippen LogP contribution in [0.4, 0.5) is 0 Å². The minimum Gasteiger partial charge on any atom is -0.458 e. The number of nitrogens with one attached hydrogen (secondary N) is 4. The monoisotopic (exact) mass is 695 g/mol. The topological polar surface area (TPSA) is 167 Å². The fourth-order valence-corrected chi connectivity index (χ4v) is 5.61. The molecule has 12 nitrogen and oxygen atoms in total. The molecule has 2 radical (unpaired) electrons. The average molecular weight is 696 g/mol. The van der Waals surface area contributed by atoms with Crippen LogP contribution in [0.25, 0.3) is 0 Å². The molecule has 274 valence electrons. The molecular weight excluding hydrogens is 633 g/mol. The third-order valence-electron chi connectivity index (χ3n) is 7.09. The van der Waals surface area contributed by atoms with Crippen LogP contribution in [0, 0.1) is 5.41 Å². The summed E-state index contributed by atoms with van der Waals surface area (Å²) in [6.07, 6.45) is 6.15. The van der Waals surface area contributed by atoms with Crippen LogP contribution >= 0.6 is 11.8 Å². The number of unbranched alkanes of at least 4 members (excludes halogenated alkanes) is 3. The van der Waals surface area contributed by atoms with Crippen LogP contribution in [-0.2, 0) is 33.4 Å². The highest BCUT2D eigenvalue weighted by Gasteiger charge is 2.30. The number of hydrogen-bond donors (Lipinski definition) is 4. The third kappa shape index (κ3) is 23.8. The summed E-state index contributed by atoms with van der Waals surface area (Å²) in [5, 5.41) is 15.3. The molecule has 0 aliphatic rings. The maximum absolute atomic E-state index is 13.3. The Hall–Kier alpha value is -2.45. The van der Waals surface area contributed by atoms with E-state index in [0.717, 1.165) is 12.2 Å². The number of hydrogen-bond acceptors (Lipinski definition) is 10. The molecule has 0 aliphatic heterocycles. The van der Waals surface area contributed by atoms with E-state index in [9.17, 15) is 24.0 Å². The molecular formula is C34H62BN5O7S. The van der Waals surface area contributed by atoms with Gasteiger partial charge in [0.25, 0.3) is 0 Å². The molecule has 3 amide bonds. The lowest BCUT2D eigenvalue weighted by atomic mass is 9.80. The quantitative estimate of drug-likeness (QED) is 0.0458. The van der Waals surface area contributed by atoms with Gasteiger partial charge in [0.2, 0.25) is 17.7 Å². The largest absolute Gasteiger partial charge is 0.458 e. The minimum atomic E-state index is -1.14. The van der Waals surface area contributed by atoms with Gasteiger partial charge in [-0.3, -0.25) is 19.2 Å². The molecule has 0 heterocycles. The first kappa shape index (κ1) is 45.6. The van der Waals surface area contributed by atoms with Crippen molar-refractivity contribution in [1.82, 2.24) is 20.9 Å². The van der Waals surface area contributed by atoms with Gasteiger partial charge in [0, 0.05) is 36.2 Å². The number of carbonyl (C=O) groups is 5. The first-order valence-corrected chi connectivity index (χ1v) is 18.0. The van der Waals surface area contributed by atoms with Crippen molar-refractivity contribution in [2.45, 2.75) is 141 Å². The Morgan fingerprint density at radius 3 is 2.17 bits per heavy atom. The Labute approximate surface area is 294 Å². The summed E-state index contributed by atoms with van der Waals surface area (Å²) >= 11 is 1.93. The van der Waals surface area contributed by atoms with Gasteiger partial charge in [-0.1, -0.05) is 33.6 Å². The zero-order chi connectivity index (χ0) is 37.0. The fraction of sp³-hybridized carbons (Fsp3) is 0.824. The van der Waals surface area contributed by atoms with E-state index in [4.69, 9.17) is 22.7 Å². The summed E-state index contributed by atoms with van der Waals surface area (Å²) in [4.78, 5) is 64.8. The Kier molecular flexibility index (Phi) is 21.9. The van der Waals surface area contributed by atoms with Crippen LogP contribution in [0.1, 0.15) is 113 Å². The molecule has 0 aromatic carbocycles. The Balaban J connectivity index is 5.07. The number of carbonyl (C=O) groups excluding carboxylic acids is 5. The summed E-state index contributed by atoms with van der Waals surface area (Å²) in [6.45, 7) is 14.2. The highest BCUT2D eigenvalue weighted by molar-refractivity contribution is 8.00. The first-order chi connectivity index (χ1) is 22.2. The molecule has 0 fully saturated rings. The summed E-state index contributed by atoms with van der Waals surface area (Å²) in [5.41, 5.74) is -1.94. The van der Waals surface area contributed by atoms with Crippen molar-refractivity contribution in [2.75, 3.05) is 39.5 Å². The number of esters is 1. The lowest BCUT2D eigenvalue weighted by Gasteiger charge is -2.29. The van der Waals surface area contributed by atoms with Gasteiger partial charge in [-0.25, -0.2) is 4.79 Å². The van der Waals surface area contributed by atoms with Crippen molar-refractivity contribution < 1.29 is 33.4 Å². The van der Waals surface area contributed by atoms with Crippen molar-refractivity contribution in [1.29, 1.82) is 5.41 Å². The van der Waals surface area contributed by atoms with Crippen molar-refractivity contribution in [3.63, 3.8) is 0 Å². The van der Waals surface area contributed by atoms with E-state index in [-0.39, 0.29) is 48.8 Å². The molecule has 3 atom stereocenters. The van der Waals surface area contributed by atoms with Gasteiger partial charge >= 0.3 is 5.97 Å². The van der Waals surface area contributed by atoms with E-state index in [1.807, 2.05) is 11.8 Å². The van der Waals surface area contributed by atoms with Crippen LogP contribution in [0.3, 0.4) is 0 Å². The number of likely N-dealkylation sites (N-methyl/N-ethyl adjacent to an activating group) is 1. The molecule has 0 saturated carbocycles. The zero-order valence-corrected chi connectivity index (χ0v) is 31.7. The van der Waals surface area contributed by atoms with Gasteiger partial charge in [-0.05, 0) is 86.1 Å². The van der Waals surface area contributed by atoms with Crippen LogP contribution in [0.2, 0.25) is 0 Å².